The van der Waals surface area contributed by atoms with E-state index in [1.54, 1.807) is 23.0 Å². The van der Waals surface area contributed by atoms with Gasteiger partial charge in [-0.3, -0.25) is 9.59 Å². The minimum absolute atomic E-state index is 0.139. The van der Waals surface area contributed by atoms with Gasteiger partial charge >= 0.3 is 5.97 Å². The maximum atomic E-state index is 13.3. The molecule has 9 nitrogen and oxygen atoms in total. The molecule has 0 radical (unpaired) electrons. The quantitative estimate of drug-likeness (QED) is 0.203. The van der Waals surface area contributed by atoms with Crippen LogP contribution in [0.25, 0.3) is 16.8 Å². The van der Waals surface area contributed by atoms with Crippen molar-refractivity contribution in [3.05, 3.63) is 77.7 Å². The van der Waals surface area contributed by atoms with E-state index >= 15 is 0 Å². The number of amides is 1. The second kappa shape index (κ2) is 12.9. The molecule has 1 saturated heterocycles. The minimum Gasteiger partial charge on any atom is -0.466 e. The molecular weight excluding hydrogens is 528 g/mol. The van der Waals surface area contributed by atoms with Crippen LogP contribution in [0.4, 0.5) is 11.4 Å². The summed E-state index contributed by atoms with van der Waals surface area (Å²) in [5.74, 6) is -0.425. The van der Waals surface area contributed by atoms with E-state index in [0.717, 1.165) is 61.4 Å². The van der Waals surface area contributed by atoms with Gasteiger partial charge in [-0.25, -0.2) is 9.50 Å². The van der Waals surface area contributed by atoms with Crippen molar-refractivity contribution in [1.82, 2.24) is 19.9 Å². The Bertz CT molecular complexity index is 1480. The molecule has 1 aliphatic rings. The molecule has 1 amide bonds. The fourth-order valence-electron chi connectivity index (χ4n) is 4.99. The summed E-state index contributed by atoms with van der Waals surface area (Å²) >= 11 is 6.19. The normalized spacial score (nSPS) is 13.9. The molecule has 0 spiro atoms. The number of hydrogen-bond acceptors (Lipinski definition) is 7. The van der Waals surface area contributed by atoms with Crippen LogP contribution in [-0.4, -0.2) is 58.8 Å². The lowest BCUT2D eigenvalue weighted by Crippen LogP contribution is -2.43. The molecule has 5 rings (SSSR count). The van der Waals surface area contributed by atoms with Gasteiger partial charge in [-0.2, -0.15) is 5.10 Å². The topological polar surface area (TPSA) is 101 Å². The van der Waals surface area contributed by atoms with Crippen LogP contribution in [0.5, 0.6) is 0 Å². The average Bonchev–Trinajstić information content (AvgIpc) is 3.40. The number of nitrogens with one attached hydrogen (secondary N) is 2. The molecule has 2 N–H and O–H groups in total. The molecule has 208 valence electrons. The average molecular weight is 561 g/mol. The largest absolute Gasteiger partial charge is 0.466 e. The molecular formula is C30H33ClN6O3. The SMILES string of the molecule is CCOC(=O)CCCNC1CCN(c2ccccc2NC(=O)c2ccn3ncc(-c4cccc(Cl)c4)c3n2)CC1. The van der Waals surface area contributed by atoms with Crippen molar-refractivity contribution in [1.29, 1.82) is 0 Å². The third kappa shape index (κ3) is 6.60. The van der Waals surface area contributed by atoms with Crippen molar-refractivity contribution in [3.8, 4) is 11.1 Å². The number of benzene rings is 2. The zero-order valence-corrected chi connectivity index (χ0v) is 23.2. The van der Waals surface area contributed by atoms with Crippen LogP contribution in [0, 0.1) is 0 Å². The zero-order valence-electron chi connectivity index (χ0n) is 22.5. The fourth-order valence-corrected chi connectivity index (χ4v) is 5.18. The number of aromatic nitrogens is 3. The van der Waals surface area contributed by atoms with Crippen molar-refractivity contribution < 1.29 is 14.3 Å². The van der Waals surface area contributed by atoms with E-state index in [0.29, 0.717) is 35.4 Å². The third-order valence-corrected chi connectivity index (χ3v) is 7.26. The predicted octanol–water partition coefficient (Wildman–Crippen LogP) is 5.20. The van der Waals surface area contributed by atoms with Gasteiger partial charge in [0.25, 0.3) is 5.91 Å². The van der Waals surface area contributed by atoms with E-state index < -0.39 is 0 Å². The molecule has 0 saturated carbocycles. The van der Waals surface area contributed by atoms with Crippen LogP contribution in [0.1, 0.15) is 43.1 Å². The fraction of sp³-hybridized carbons (Fsp3) is 0.333. The number of ether oxygens (including phenoxy) is 1. The number of piperidine rings is 1. The van der Waals surface area contributed by atoms with Crippen LogP contribution < -0.4 is 15.5 Å². The number of carbonyl (C=O) groups is 2. The summed E-state index contributed by atoms with van der Waals surface area (Å²) in [5, 5.41) is 11.6. The first kappa shape index (κ1) is 27.6. The molecule has 0 unspecified atom stereocenters. The summed E-state index contributed by atoms with van der Waals surface area (Å²) in [6.07, 6.45) is 6.64. The summed E-state index contributed by atoms with van der Waals surface area (Å²) in [6, 6.07) is 17.4. The van der Waals surface area contributed by atoms with Gasteiger partial charge in [-0.05, 0) is 68.6 Å². The van der Waals surface area contributed by atoms with Crippen molar-refractivity contribution in [2.24, 2.45) is 0 Å². The zero-order chi connectivity index (χ0) is 27.9. The van der Waals surface area contributed by atoms with Crippen molar-refractivity contribution in [3.63, 3.8) is 0 Å². The molecule has 0 bridgehead atoms. The number of hydrogen-bond donors (Lipinski definition) is 2. The van der Waals surface area contributed by atoms with Gasteiger partial charge in [0.2, 0.25) is 0 Å². The van der Waals surface area contributed by atoms with Gasteiger partial charge in [0.05, 0.1) is 24.2 Å². The molecule has 0 aliphatic carbocycles. The number of halogens is 1. The molecule has 2 aromatic heterocycles. The smallest absolute Gasteiger partial charge is 0.305 e. The number of rotatable bonds is 10. The molecule has 40 heavy (non-hydrogen) atoms. The van der Waals surface area contributed by atoms with Crippen LogP contribution >= 0.6 is 11.6 Å². The van der Waals surface area contributed by atoms with E-state index in [1.807, 2.05) is 55.5 Å². The van der Waals surface area contributed by atoms with E-state index in [1.165, 1.54) is 0 Å². The maximum Gasteiger partial charge on any atom is 0.305 e. The van der Waals surface area contributed by atoms with Crippen molar-refractivity contribution in [2.75, 3.05) is 36.5 Å². The Morgan fingerprint density at radius 1 is 1.10 bits per heavy atom. The summed E-state index contributed by atoms with van der Waals surface area (Å²) in [5.41, 5.74) is 4.31. The summed E-state index contributed by atoms with van der Waals surface area (Å²) in [4.78, 5) is 31.8. The summed E-state index contributed by atoms with van der Waals surface area (Å²) < 4.78 is 6.64. The Balaban J connectivity index is 1.22. The molecule has 1 aliphatic heterocycles. The van der Waals surface area contributed by atoms with E-state index in [9.17, 15) is 9.59 Å². The van der Waals surface area contributed by atoms with Crippen LogP contribution in [0.2, 0.25) is 5.02 Å². The summed E-state index contributed by atoms with van der Waals surface area (Å²) in [7, 11) is 0. The first-order chi connectivity index (χ1) is 19.5. The molecule has 0 atom stereocenters. The number of nitrogens with zero attached hydrogens (tertiary/aromatic N) is 4. The lowest BCUT2D eigenvalue weighted by atomic mass is 10.0. The molecule has 1 fully saturated rings. The van der Waals surface area contributed by atoms with Crippen LogP contribution in [0.15, 0.2) is 67.0 Å². The Morgan fingerprint density at radius 2 is 1.93 bits per heavy atom. The summed E-state index contributed by atoms with van der Waals surface area (Å²) in [6.45, 7) is 4.78. The molecule has 10 heteroatoms. The van der Waals surface area contributed by atoms with E-state index in [2.05, 4.69) is 25.6 Å². The Kier molecular flexibility index (Phi) is 8.93. The molecule has 3 heterocycles. The van der Waals surface area contributed by atoms with Gasteiger partial charge in [-0.15, -0.1) is 0 Å². The Morgan fingerprint density at radius 3 is 2.73 bits per heavy atom. The monoisotopic (exact) mass is 560 g/mol. The number of fused-ring (bicyclic) bond motifs is 1. The first-order valence-corrected chi connectivity index (χ1v) is 14.0. The van der Waals surface area contributed by atoms with Gasteiger partial charge in [0.15, 0.2) is 5.65 Å². The number of anilines is 2. The van der Waals surface area contributed by atoms with Gasteiger partial charge < -0.3 is 20.3 Å². The van der Waals surface area contributed by atoms with E-state index in [4.69, 9.17) is 16.3 Å². The highest BCUT2D eigenvalue weighted by Crippen LogP contribution is 2.29. The number of esters is 1. The van der Waals surface area contributed by atoms with Crippen molar-refractivity contribution >= 4 is 40.5 Å². The van der Waals surface area contributed by atoms with Crippen LogP contribution in [-0.2, 0) is 9.53 Å². The standard InChI is InChI=1S/C30H33ClN6O3/c1-2-40-28(38)11-6-15-32-23-12-16-36(17-13-23)27-10-4-3-9-25(27)35-30(39)26-14-18-37-29(34-26)24(20-33-37)21-7-5-8-22(31)19-21/h3-5,7-10,14,18-20,23,32H,2,6,11-13,15-17H2,1H3,(H,35,39). The second-order valence-electron chi connectivity index (χ2n) is 9.74. The van der Waals surface area contributed by atoms with Gasteiger partial charge in [0.1, 0.15) is 5.69 Å². The Hall–Kier alpha value is -3.95. The highest BCUT2D eigenvalue weighted by atomic mass is 35.5. The number of carbonyl (C=O) groups excluding carboxylic acids is 2. The predicted molar refractivity (Wildman–Crippen MR) is 157 cm³/mol. The number of para-hydroxylation sites is 2. The lowest BCUT2D eigenvalue weighted by Gasteiger charge is -2.35. The van der Waals surface area contributed by atoms with Gasteiger partial charge in [-0.1, -0.05) is 35.9 Å². The molecule has 4 aromatic rings. The van der Waals surface area contributed by atoms with Crippen molar-refractivity contribution in [2.45, 2.75) is 38.6 Å². The van der Waals surface area contributed by atoms with Crippen LogP contribution in [0.3, 0.4) is 0 Å². The maximum absolute atomic E-state index is 13.3. The van der Waals surface area contributed by atoms with Gasteiger partial charge in [0, 0.05) is 42.3 Å². The van der Waals surface area contributed by atoms with E-state index in [-0.39, 0.29) is 11.9 Å². The molecule has 2 aromatic carbocycles. The highest BCUT2D eigenvalue weighted by molar-refractivity contribution is 6.30. The third-order valence-electron chi connectivity index (χ3n) is 7.02. The lowest BCUT2D eigenvalue weighted by molar-refractivity contribution is -0.143. The second-order valence-corrected chi connectivity index (χ2v) is 10.2. The minimum atomic E-state index is -0.286. The first-order valence-electron chi connectivity index (χ1n) is 13.7. The Labute approximate surface area is 238 Å². The highest BCUT2D eigenvalue weighted by Gasteiger charge is 2.22.